The first kappa shape index (κ1) is 17.3. The molecule has 1 atom stereocenters. The fraction of sp³-hybridized carbons (Fsp3) is 0.500. The minimum absolute atomic E-state index is 0.292. The number of alkyl halides is 3. The summed E-state index contributed by atoms with van der Waals surface area (Å²) in [5, 5.41) is 0. The van der Waals surface area contributed by atoms with Gasteiger partial charge in [-0.2, -0.15) is 18.7 Å². The molecule has 0 radical (unpaired) electrons. The van der Waals surface area contributed by atoms with Gasteiger partial charge in [0.25, 0.3) is 0 Å². The Kier molecular flexibility index (Phi) is 5.22. The van der Waals surface area contributed by atoms with Crippen LogP contribution in [0.2, 0.25) is 0 Å². The molecule has 1 unspecified atom stereocenters. The lowest BCUT2D eigenvalue weighted by atomic mass is 10.1. The van der Waals surface area contributed by atoms with Crippen LogP contribution >= 0.6 is 0 Å². The van der Waals surface area contributed by atoms with Crippen LogP contribution in [0.15, 0.2) is 24.3 Å². The number of ether oxygens (including phenoxy) is 1. The van der Waals surface area contributed by atoms with Gasteiger partial charge in [0.1, 0.15) is 11.7 Å². The molecule has 1 rings (SSSR count). The van der Waals surface area contributed by atoms with E-state index in [1.165, 1.54) is 19.1 Å². The van der Waals surface area contributed by atoms with Gasteiger partial charge < -0.3 is 4.74 Å². The van der Waals surface area contributed by atoms with Crippen molar-refractivity contribution in [1.82, 2.24) is 5.48 Å². The lowest BCUT2D eigenvalue weighted by molar-refractivity contribution is -0.137. The molecule has 1 aromatic rings. The van der Waals surface area contributed by atoms with Crippen molar-refractivity contribution in [3.63, 3.8) is 0 Å². The quantitative estimate of drug-likeness (QED) is 0.850. The van der Waals surface area contributed by atoms with Gasteiger partial charge in [0.2, 0.25) is 0 Å². The summed E-state index contributed by atoms with van der Waals surface area (Å²) in [6.45, 7) is 6.57. The molecule has 7 heteroatoms. The minimum Gasteiger partial charge on any atom is -0.442 e. The van der Waals surface area contributed by atoms with E-state index in [-0.39, 0.29) is 0 Å². The van der Waals surface area contributed by atoms with Crippen molar-refractivity contribution in [2.75, 3.05) is 0 Å². The van der Waals surface area contributed by atoms with Gasteiger partial charge in [-0.05, 0) is 45.4 Å². The molecule has 118 valence electrons. The second-order valence-corrected chi connectivity index (χ2v) is 5.49. The maximum atomic E-state index is 12.6. The van der Waals surface area contributed by atoms with E-state index in [0.29, 0.717) is 5.56 Å². The van der Waals surface area contributed by atoms with Gasteiger partial charge in [-0.1, -0.05) is 12.1 Å². The molecule has 1 aromatic carbocycles. The first-order valence-corrected chi connectivity index (χ1v) is 6.31. The molecule has 0 spiro atoms. The molecule has 0 aliphatic carbocycles. The largest absolute Gasteiger partial charge is 0.442 e. The molecule has 4 nitrogen and oxygen atoms in total. The number of rotatable bonds is 3. The number of nitrogens with one attached hydrogen (secondary N) is 1. The van der Waals surface area contributed by atoms with Crippen LogP contribution in [-0.2, 0) is 15.8 Å². The molecule has 0 aromatic heterocycles. The van der Waals surface area contributed by atoms with Crippen LogP contribution in [0.4, 0.5) is 18.0 Å². The van der Waals surface area contributed by atoms with Gasteiger partial charge in [0, 0.05) is 0 Å². The van der Waals surface area contributed by atoms with Crippen LogP contribution in [0.1, 0.15) is 44.9 Å². The van der Waals surface area contributed by atoms with Gasteiger partial charge >= 0.3 is 12.3 Å². The first-order chi connectivity index (χ1) is 9.49. The Hall–Kier alpha value is -1.76. The Labute approximate surface area is 121 Å². The second kappa shape index (κ2) is 6.34. The molecule has 1 amide bonds. The highest BCUT2D eigenvalue weighted by Gasteiger charge is 2.30. The topological polar surface area (TPSA) is 47.6 Å². The van der Waals surface area contributed by atoms with Crippen molar-refractivity contribution in [2.45, 2.75) is 45.6 Å². The van der Waals surface area contributed by atoms with E-state index in [4.69, 9.17) is 9.57 Å². The summed E-state index contributed by atoms with van der Waals surface area (Å²) in [5.41, 5.74) is 0.887. The van der Waals surface area contributed by atoms with Crippen molar-refractivity contribution >= 4 is 6.09 Å². The van der Waals surface area contributed by atoms with Gasteiger partial charge in [-0.25, -0.2) is 4.79 Å². The fourth-order valence-corrected chi connectivity index (χ4v) is 1.47. The number of amides is 1. The monoisotopic (exact) mass is 305 g/mol. The third kappa shape index (κ3) is 6.03. The third-order valence-corrected chi connectivity index (χ3v) is 2.40. The number of halogens is 3. The predicted molar refractivity (Wildman–Crippen MR) is 70.3 cm³/mol. The molecule has 0 saturated heterocycles. The zero-order chi connectivity index (χ0) is 16.3. The molecule has 0 aliphatic rings. The molecular formula is C14H18F3NO3. The standard InChI is InChI=1S/C14H18F3NO3/c1-9(21-18-12(19)20-13(2,3)4)10-6-5-7-11(8-10)14(15,16)17/h5-9H,1-4H3,(H,18,19). The van der Waals surface area contributed by atoms with E-state index in [1.54, 1.807) is 20.8 Å². The molecule has 0 bridgehead atoms. The van der Waals surface area contributed by atoms with Crippen molar-refractivity contribution in [2.24, 2.45) is 0 Å². The Morgan fingerprint density at radius 1 is 1.24 bits per heavy atom. The second-order valence-electron chi connectivity index (χ2n) is 5.49. The van der Waals surface area contributed by atoms with E-state index in [2.05, 4.69) is 5.48 Å². The minimum atomic E-state index is -4.42. The number of hydrogen-bond donors (Lipinski definition) is 1. The smallest absolute Gasteiger partial charge is 0.431 e. The third-order valence-electron chi connectivity index (χ3n) is 2.40. The summed E-state index contributed by atoms with van der Waals surface area (Å²) in [6, 6.07) is 4.71. The van der Waals surface area contributed by atoms with E-state index in [9.17, 15) is 18.0 Å². The van der Waals surface area contributed by atoms with E-state index >= 15 is 0 Å². The maximum Gasteiger partial charge on any atom is 0.431 e. The fourth-order valence-electron chi connectivity index (χ4n) is 1.47. The van der Waals surface area contributed by atoms with Gasteiger partial charge in [-0.15, -0.1) is 0 Å². The zero-order valence-corrected chi connectivity index (χ0v) is 12.2. The number of hydrogen-bond acceptors (Lipinski definition) is 3. The van der Waals surface area contributed by atoms with Gasteiger partial charge in [-0.3, -0.25) is 4.84 Å². The highest BCUT2D eigenvalue weighted by atomic mass is 19.4. The number of hydroxylamine groups is 1. The molecule has 0 saturated carbocycles. The SMILES string of the molecule is CC(ONC(=O)OC(C)(C)C)c1cccc(C(F)(F)F)c1. The van der Waals surface area contributed by atoms with Crippen LogP contribution in [0.25, 0.3) is 0 Å². The Balaban J connectivity index is 2.64. The number of carbonyl (C=O) groups is 1. The van der Waals surface area contributed by atoms with Crippen molar-refractivity contribution in [3.8, 4) is 0 Å². The van der Waals surface area contributed by atoms with Crippen molar-refractivity contribution in [3.05, 3.63) is 35.4 Å². The first-order valence-electron chi connectivity index (χ1n) is 6.31. The molecule has 0 aliphatic heterocycles. The summed E-state index contributed by atoms with van der Waals surface area (Å²) in [4.78, 5) is 16.4. The summed E-state index contributed by atoms with van der Waals surface area (Å²) in [7, 11) is 0. The lowest BCUT2D eigenvalue weighted by Crippen LogP contribution is -2.33. The van der Waals surface area contributed by atoms with E-state index < -0.39 is 29.5 Å². The molecule has 1 N–H and O–H groups in total. The summed E-state index contributed by atoms with van der Waals surface area (Å²) in [6.07, 6.45) is -5.98. The average Bonchev–Trinajstić information content (AvgIpc) is 2.33. The van der Waals surface area contributed by atoms with E-state index in [1.807, 2.05) is 0 Å². The van der Waals surface area contributed by atoms with Crippen molar-refractivity contribution < 1.29 is 27.5 Å². The van der Waals surface area contributed by atoms with Crippen LogP contribution in [0.3, 0.4) is 0 Å². The molecule has 0 fully saturated rings. The van der Waals surface area contributed by atoms with Crippen molar-refractivity contribution in [1.29, 1.82) is 0 Å². The van der Waals surface area contributed by atoms with Crippen LogP contribution in [0, 0.1) is 0 Å². The summed E-state index contributed by atoms with van der Waals surface area (Å²) in [5.74, 6) is 0. The summed E-state index contributed by atoms with van der Waals surface area (Å²) >= 11 is 0. The van der Waals surface area contributed by atoms with Crippen LogP contribution in [0.5, 0.6) is 0 Å². The number of carbonyl (C=O) groups excluding carboxylic acids is 1. The molecule has 0 heterocycles. The number of benzene rings is 1. The zero-order valence-electron chi connectivity index (χ0n) is 12.2. The van der Waals surface area contributed by atoms with Gasteiger partial charge in [0.05, 0.1) is 5.56 Å². The Morgan fingerprint density at radius 2 is 1.86 bits per heavy atom. The summed E-state index contributed by atoms with van der Waals surface area (Å²) < 4.78 is 42.7. The highest BCUT2D eigenvalue weighted by molar-refractivity contribution is 5.66. The van der Waals surface area contributed by atoms with E-state index in [0.717, 1.165) is 12.1 Å². The van der Waals surface area contributed by atoms with Crippen LogP contribution in [-0.4, -0.2) is 11.7 Å². The average molecular weight is 305 g/mol. The lowest BCUT2D eigenvalue weighted by Gasteiger charge is -2.21. The van der Waals surface area contributed by atoms with Crippen LogP contribution < -0.4 is 5.48 Å². The van der Waals surface area contributed by atoms with Gasteiger partial charge in [0.15, 0.2) is 0 Å². The Morgan fingerprint density at radius 3 is 2.38 bits per heavy atom. The molecular weight excluding hydrogens is 287 g/mol. The Bertz CT molecular complexity index is 495. The maximum absolute atomic E-state index is 12.6. The normalized spacial score (nSPS) is 13.7. The predicted octanol–water partition coefficient (Wildman–Crippen LogP) is 4.22. The highest BCUT2D eigenvalue weighted by Crippen LogP contribution is 2.31. The molecule has 21 heavy (non-hydrogen) atoms.